The molecule has 0 bridgehead atoms. The molecule has 0 fully saturated rings. The first kappa shape index (κ1) is 11.9. The summed E-state index contributed by atoms with van der Waals surface area (Å²) in [7, 11) is 0. The van der Waals surface area contributed by atoms with Gasteiger partial charge < -0.3 is 5.11 Å². The molecule has 15 heavy (non-hydrogen) atoms. The van der Waals surface area contributed by atoms with Gasteiger partial charge in [-0.3, -0.25) is 0 Å². The lowest BCUT2D eigenvalue weighted by Crippen LogP contribution is -1.97. The number of carboxylic acid groups (broad SMARTS) is 1. The Kier molecular flexibility index (Phi) is 3.66. The van der Waals surface area contributed by atoms with Gasteiger partial charge in [0.2, 0.25) is 0 Å². The van der Waals surface area contributed by atoms with Gasteiger partial charge >= 0.3 is 5.97 Å². The van der Waals surface area contributed by atoms with Gasteiger partial charge in [0.25, 0.3) is 0 Å². The Hall–Kier alpha value is -1.13. The van der Waals surface area contributed by atoms with Crippen LogP contribution in [-0.4, -0.2) is 11.1 Å². The molecule has 0 amide bonds. The molecule has 1 N–H and O–H groups in total. The Morgan fingerprint density at radius 3 is 2.47 bits per heavy atom. The van der Waals surface area contributed by atoms with Crippen molar-refractivity contribution in [3.05, 3.63) is 37.1 Å². The van der Waals surface area contributed by atoms with Crippen LogP contribution in [0.25, 0.3) is 10.4 Å². The summed E-state index contributed by atoms with van der Waals surface area (Å²) in [6.45, 7) is 0. The van der Waals surface area contributed by atoms with E-state index in [1.54, 1.807) is 0 Å². The molecule has 0 saturated heterocycles. The van der Waals surface area contributed by atoms with Crippen LogP contribution in [0.2, 0.25) is 15.1 Å². The molecule has 0 aromatic heterocycles. The van der Waals surface area contributed by atoms with E-state index in [9.17, 15) is 4.79 Å². The Morgan fingerprint density at radius 2 is 2.00 bits per heavy atom. The third kappa shape index (κ3) is 2.27. The van der Waals surface area contributed by atoms with E-state index in [0.29, 0.717) is 0 Å². The molecule has 5 nitrogen and oxygen atoms in total. The van der Waals surface area contributed by atoms with E-state index in [4.69, 9.17) is 45.4 Å². The van der Waals surface area contributed by atoms with Crippen LogP contribution in [0.5, 0.6) is 0 Å². The minimum absolute atomic E-state index is 0.0409. The van der Waals surface area contributed by atoms with Crippen LogP contribution >= 0.6 is 34.8 Å². The molecule has 0 aliphatic heterocycles. The van der Waals surface area contributed by atoms with Crippen molar-refractivity contribution in [2.45, 2.75) is 0 Å². The average molecular weight is 266 g/mol. The number of rotatable bonds is 2. The van der Waals surface area contributed by atoms with E-state index < -0.39 is 5.97 Å². The molecule has 0 heterocycles. The largest absolute Gasteiger partial charge is 0.478 e. The van der Waals surface area contributed by atoms with Gasteiger partial charge in [-0.15, -0.1) is 0 Å². The van der Waals surface area contributed by atoms with Crippen LogP contribution in [0.4, 0.5) is 5.69 Å². The summed E-state index contributed by atoms with van der Waals surface area (Å²) >= 11 is 17.0. The minimum Gasteiger partial charge on any atom is -0.478 e. The highest BCUT2D eigenvalue weighted by atomic mass is 35.5. The normalized spacial score (nSPS) is 9.53. The van der Waals surface area contributed by atoms with Crippen molar-refractivity contribution < 1.29 is 9.90 Å². The van der Waals surface area contributed by atoms with Gasteiger partial charge in [-0.25, -0.2) is 4.79 Å². The molecule has 78 valence electrons. The second-order valence-electron chi connectivity index (χ2n) is 2.38. The molecule has 8 heteroatoms. The monoisotopic (exact) mass is 265 g/mol. The Morgan fingerprint density at radius 1 is 1.40 bits per heavy atom. The SMILES string of the molecule is [N-]=[N+]=Nc1c(Cl)c(Cl)cc(C(=O)O)c1Cl. The molecular weight excluding hydrogens is 264 g/mol. The molecule has 1 aromatic rings. The number of carboxylic acids is 1. The van der Waals surface area contributed by atoms with Crippen LogP contribution in [0.15, 0.2) is 11.2 Å². The topological polar surface area (TPSA) is 86.1 Å². The molecule has 0 radical (unpaired) electrons. The zero-order valence-corrected chi connectivity index (χ0v) is 9.18. The van der Waals surface area contributed by atoms with Gasteiger partial charge in [0.05, 0.1) is 26.3 Å². The van der Waals surface area contributed by atoms with E-state index in [0.717, 1.165) is 6.07 Å². The number of carbonyl (C=O) groups is 1. The van der Waals surface area contributed by atoms with Crippen molar-refractivity contribution >= 4 is 46.5 Å². The predicted octanol–water partition coefficient (Wildman–Crippen LogP) is 4.29. The Balaban J connectivity index is 3.62. The average Bonchev–Trinajstić information content (AvgIpc) is 2.18. The van der Waals surface area contributed by atoms with E-state index in [1.807, 2.05) is 0 Å². The molecule has 0 atom stereocenters. The molecule has 0 saturated carbocycles. The lowest BCUT2D eigenvalue weighted by Gasteiger charge is -2.06. The van der Waals surface area contributed by atoms with E-state index in [2.05, 4.69) is 10.0 Å². The maximum absolute atomic E-state index is 10.7. The zero-order valence-electron chi connectivity index (χ0n) is 6.91. The smallest absolute Gasteiger partial charge is 0.337 e. The van der Waals surface area contributed by atoms with Gasteiger partial charge in [0.1, 0.15) is 0 Å². The third-order valence-corrected chi connectivity index (χ3v) is 2.67. The summed E-state index contributed by atoms with van der Waals surface area (Å²) in [6, 6.07) is 1.09. The predicted molar refractivity (Wildman–Crippen MR) is 57.2 cm³/mol. The Labute approximate surface area is 98.8 Å². The third-order valence-electron chi connectivity index (χ3n) is 1.51. The summed E-state index contributed by atoms with van der Waals surface area (Å²) in [5.41, 5.74) is 7.78. The van der Waals surface area contributed by atoms with Crippen molar-refractivity contribution in [2.24, 2.45) is 5.11 Å². The van der Waals surface area contributed by atoms with Gasteiger partial charge in [0, 0.05) is 4.91 Å². The first-order valence-corrected chi connectivity index (χ1v) is 4.58. The van der Waals surface area contributed by atoms with Crippen LogP contribution in [-0.2, 0) is 0 Å². The fraction of sp³-hybridized carbons (Fsp3) is 0. The highest BCUT2D eigenvalue weighted by Crippen LogP contribution is 2.40. The molecule has 0 aliphatic rings. The van der Waals surface area contributed by atoms with Crippen LogP contribution in [0, 0.1) is 0 Å². The maximum atomic E-state index is 10.7. The lowest BCUT2D eigenvalue weighted by molar-refractivity contribution is 0.0697. The van der Waals surface area contributed by atoms with E-state index in [-0.39, 0.29) is 26.3 Å². The minimum atomic E-state index is -1.28. The van der Waals surface area contributed by atoms with Crippen LogP contribution in [0.1, 0.15) is 10.4 Å². The highest BCUT2D eigenvalue weighted by Gasteiger charge is 2.17. The van der Waals surface area contributed by atoms with Crippen molar-refractivity contribution in [2.75, 3.05) is 0 Å². The summed E-state index contributed by atoms with van der Waals surface area (Å²) in [6.07, 6.45) is 0. The number of hydrogen-bond donors (Lipinski definition) is 1. The maximum Gasteiger partial charge on any atom is 0.337 e. The fourth-order valence-electron chi connectivity index (χ4n) is 0.879. The fourth-order valence-corrected chi connectivity index (χ4v) is 1.58. The zero-order chi connectivity index (χ0) is 11.6. The quantitative estimate of drug-likeness (QED) is 0.375. The second-order valence-corrected chi connectivity index (χ2v) is 3.54. The van der Waals surface area contributed by atoms with Crippen molar-refractivity contribution in [3.8, 4) is 0 Å². The highest BCUT2D eigenvalue weighted by molar-refractivity contribution is 6.46. The second kappa shape index (κ2) is 4.59. The van der Waals surface area contributed by atoms with Gasteiger partial charge in [-0.2, -0.15) is 0 Å². The molecule has 1 rings (SSSR count). The number of halogens is 3. The van der Waals surface area contributed by atoms with Gasteiger partial charge in [-0.1, -0.05) is 39.9 Å². The van der Waals surface area contributed by atoms with Gasteiger partial charge in [0.15, 0.2) is 0 Å². The standard InChI is InChI=1S/C7H2Cl3N3O2/c8-3-1-2(7(14)15)4(9)6(5(3)10)12-13-11/h1H,(H,14,15). The van der Waals surface area contributed by atoms with Crippen molar-refractivity contribution in [1.29, 1.82) is 0 Å². The molecule has 0 spiro atoms. The number of azide groups is 1. The summed E-state index contributed by atoms with van der Waals surface area (Å²) in [4.78, 5) is 13.2. The lowest BCUT2D eigenvalue weighted by atomic mass is 10.2. The summed E-state index contributed by atoms with van der Waals surface area (Å²) < 4.78 is 0. The van der Waals surface area contributed by atoms with Crippen LogP contribution in [0.3, 0.4) is 0 Å². The Bertz CT molecular complexity index is 483. The van der Waals surface area contributed by atoms with E-state index in [1.165, 1.54) is 0 Å². The number of benzene rings is 1. The summed E-state index contributed by atoms with van der Waals surface area (Å²) in [5, 5.41) is 11.6. The van der Waals surface area contributed by atoms with Crippen molar-refractivity contribution in [3.63, 3.8) is 0 Å². The summed E-state index contributed by atoms with van der Waals surface area (Å²) in [5.74, 6) is -1.28. The van der Waals surface area contributed by atoms with Gasteiger partial charge in [-0.05, 0) is 11.6 Å². The molecule has 0 aliphatic carbocycles. The number of nitrogens with zero attached hydrogens (tertiary/aromatic N) is 3. The molecule has 1 aromatic carbocycles. The number of hydrogen-bond acceptors (Lipinski definition) is 2. The number of aromatic carboxylic acids is 1. The molecule has 0 unspecified atom stereocenters. The van der Waals surface area contributed by atoms with Crippen LogP contribution < -0.4 is 0 Å². The van der Waals surface area contributed by atoms with E-state index >= 15 is 0 Å². The molecular formula is C7H2Cl3N3O2. The first-order valence-electron chi connectivity index (χ1n) is 3.45. The van der Waals surface area contributed by atoms with Crippen molar-refractivity contribution in [1.82, 2.24) is 0 Å². The first-order chi connectivity index (χ1) is 6.99.